The molecule has 2 atom stereocenters. The molecule has 2 unspecified atom stereocenters. The minimum Gasteiger partial charge on any atom is -0.226 e. The summed E-state index contributed by atoms with van der Waals surface area (Å²) in [5, 5.41) is 0. The first-order valence-electron chi connectivity index (χ1n) is 5.43. The Hall–Kier alpha value is 0.650. The van der Waals surface area contributed by atoms with E-state index in [2.05, 4.69) is 0 Å². The number of rotatable bonds is 2. The molecular formula is C10H18O2S3. The van der Waals surface area contributed by atoms with Gasteiger partial charge in [-0.3, -0.25) is 0 Å². The zero-order chi connectivity index (χ0) is 11.2. The molecule has 0 amide bonds. The van der Waals surface area contributed by atoms with Gasteiger partial charge in [0.2, 0.25) is 0 Å². The van der Waals surface area contributed by atoms with Crippen LogP contribution in [0.3, 0.4) is 0 Å². The van der Waals surface area contributed by atoms with Crippen LogP contribution in [-0.2, 0) is 9.84 Å². The van der Waals surface area contributed by atoms with E-state index < -0.39 is 18.0 Å². The molecule has 0 aliphatic carbocycles. The first-order chi connectivity index (χ1) is 6.91. The Morgan fingerprint density at radius 3 is 1.60 bits per heavy atom. The van der Waals surface area contributed by atoms with Gasteiger partial charge in [-0.1, -0.05) is 0 Å². The van der Waals surface area contributed by atoms with Crippen molar-refractivity contribution in [1.82, 2.24) is 0 Å². The van der Waals surface area contributed by atoms with Crippen LogP contribution < -0.4 is 0 Å². The third-order valence-electron chi connectivity index (χ3n) is 3.50. The number of hydrogen-bond acceptors (Lipinski definition) is 4. The van der Waals surface area contributed by atoms with Gasteiger partial charge in [0.05, 0.1) is 0 Å². The summed E-state index contributed by atoms with van der Waals surface area (Å²) in [5.74, 6) is 1.99. The predicted octanol–water partition coefficient (Wildman–Crippen LogP) is 2.89. The van der Waals surface area contributed by atoms with Crippen molar-refractivity contribution in [1.29, 1.82) is 0 Å². The van der Waals surface area contributed by atoms with Gasteiger partial charge in [-0.15, -0.1) is 23.5 Å². The van der Waals surface area contributed by atoms with Crippen LogP contribution in [0.1, 0.15) is 39.5 Å². The van der Waals surface area contributed by atoms with Crippen molar-refractivity contribution >= 4 is 33.4 Å². The summed E-state index contributed by atoms with van der Waals surface area (Å²) in [7, 11) is -3.01. The molecule has 2 nitrogen and oxygen atoms in total. The van der Waals surface area contributed by atoms with Crippen molar-refractivity contribution in [3.63, 3.8) is 0 Å². The third-order valence-corrected chi connectivity index (χ3v) is 10.8. The van der Waals surface area contributed by atoms with Crippen LogP contribution in [0.2, 0.25) is 0 Å². The molecule has 15 heavy (non-hydrogen) atoms. The zero-order valence-corrected chi connectivity index (χ0v) is 11.7. The van der Waals surface area contributed by atoms with Crippen LogP contribution in [-0.4, -0.2) is 28.1 Å². The molecule has 2 aliphatic heterocycles. The smallest absolute Gasteiger partial charge is 0.179 e. The molecular weight excluding hydrogens is 248 g/mol. The molecule has 0 aromatic rings. The molecule has 5 heteroatoms. The lowest BCUT2D eigenvalue weighted by Crippen LogP contribution is -2.42. The molecule has 0 bridgehead atoms. The van der Waals surface area contributed by atoms with Gasteiger partial charge in [0.1, 0.15) is 8.16 Å². The average molecular weight is 266 g/mol. The quantitative estimate of drug-likeness (QED) is 0.769. The van der Waals surface area contributed by atoms with Crippen molar-refractivity contribution in [2.45, 2.75) is 47.7 Å². The van der Waals surface area contributed by atoms with Crippen molar-refractivity contribution in [3.05, 3.63) is 0 Å². The molecule has 88 valence electrons. The molecule has 0 N–H and O–H groups in total. The van der Waals surface area contributed by atoms with Gasteiger partial charge in [-0.25, -0.2) is 8.42 Å². The summed E-state index contributed by atoms with van der Waals surface area (Å²) in [6, 6.07) is 0. The molecule has 2 heterocycles. The predicted molar refractivity (Wildman–Crippen MR) is 69.1 cm³/mol. The fourth-order valence-corrected chi connectivity index (χ4v) is 9.15. The molecule has 0 radical (unpaired) electrons. The second kappa shape index (κ2) is 3.84. The van der Waals surface area contributed by atoms with Crippen molar-refractivity contribution in [2.24, 2.45) is 0 Å². The summed E-state index contributed by atoms with van der Waals surface area (Å²) in [6.07, 6.45) is 3.74. The zero-order valence-electron chi connectivity index (χ0n) is 9.28. The van der Waals surface area contributed by atoms with E-state index >= 15 is 0 Å². The van der Waals surface area contributed by atoms with Gasteiger partial charge in [0, 0.05) is 0 Å². The summed E-state index contributed by atoms with van der Waals surface area (Å²) in [4.78, 5) is 0. The normalized spacial score (nSPS) is 42.3. The van der Waals surface area contributed by atoms with E-state index in [0.29, 0.717) is 0 Å². The molecule has 2 saturated heterocycles. The first kappa shape index (κ1) is 12.1. The van der Waals surface area contributed by atoms with E-state index in [-0.39, 0.29) is 0 Å². The number of sulfone groups is 1. The van der Waals surface area contributed by atoms with Crippen LogP contribution in [0.5, 0.6) is 0 Å². The molecule has 0 aromatic heterocycles. The fourth-order valence-electron chi connectivity index (χ4n) is 2.39. The number of hydrogen-bond donors (Lipinski definition) is 0. The fraction of sp³-hybridized carbons (Fsp3) is 1.00. The maximum atomic E-state index is 12.6. The molecule has 0 spiro atoms. The molecule has 2 rings (SSSR count). The lowest BCUT2D eigenvalue weighted by Gasteiger charge is -2.33. The summed E-state index contributed by atoms with van der Waals surface area (Å²) < 4.78 is 24.2. The summed E-state index contributed by atoms with van der Waals surface area (Å²) in [5.41, 5.74) is 0. The Morgan fingerprint density at radius 2 is 1.33 bits per heavy atom. The standard InChI is InChI=1S/C10H18O2S3/c1-9(5-3-7-13-9)15(11,12)10(2)6-4-8-14-10/h3-8H2,1-2H3. The van der Waals surface area contributed by atoms with Gasteiger partial charge in [0.25, 0.3) is 0 Å². The van der Waals surface area contributed by atoms with Gasteiger partial charge < -0.3 is 0 Å². The first-order valence-corrected chi connectivity index (χ1v) is 8.89. The third kappa shape index (κ3) is 1.75. The lowest BCUT2D eigenvalue weighted by atomic mass is 10.3. The molecule has 0 aromatic carbocycles. The van der Waals surface area contributed by atoms with E-state index in [1.807, 2.05) is 13.8 Å². The van der Waals surface area contributed by atoms with E-state index in [1.54, 1.807) is 23.5 Å². The number of thioether (sulfide) groups is 2. The highest BCUT2D eigenvalue weighted by Crippen LogP contribution is 2.53. The Bertz CT molecular complexity index is 308. The van der Waals surface area contributed by atoms with Gasteiger partial charge in [-0.2, -0.15) is 0 Å². The Balaban J connectivity index is 2.33. The highest BCUT2D eigenvalue weighted by molar-refractivity contribution is 8.22. The van der Waals surface area contributed by atoms with Gasteiger partial charge in [0.15, 0.2) is 9.84 Å². The minimum atomic E-state index is -3.01. The van der Waals surface area contributed by atoms with E-state index in [0.717, 1.165) is 37.2 Å². The van der Waals surface area contributed by atoms with Crippen molar-refractivity contribution in [2.75, 3.05) is 11.5 Å². The molecule has 2 aliphatic rings. The second-order valence-electron chi connectivity index (χ2n) is 4.68. The van der Waals surface area contributed by atoms with Crippen molar-refractivity contribution in [3.8, 4) is 0 Å². The second-order valence-corrected chi connectivity index (χ2v) is 11.2. The highest BCUT2D eigenvalue weighted by Gasteiger charge is 2.54. The SMILES string of the molecule is CC1(S(=O)(=O)C2(C)CCCS2)CCCS1. The molecule has 0 saturated carbocycles. The Labute approximate surface area is 101 Å². The lowest BCUT2D eigenvalue weighted by molar-refractivity contribution is 0.548. The van der Waals surface area contributed by atoms with Crippen LogP contribution in [0.4, 0.5) is 0 Å². The van der Waals surface area contributed by atoms with Crippen LogP contribution >= 0.6 is 23.5 Å². The highest BCUT2D eigenvalue weighted by atomic mass is 32.3. The summed E-state index contributed by atoms with van der Waals surface area (Å²) >= 11 is 3.27. The minimum absolute atomic E-state index is 0.515. The van der Waals surface area contributed by atoms with Crippen LogP contribution in [0.15, 0.2) is 0 Å². The topological polar surface area (TPSA) is 34.1 Å². The van der Waals surface area contributed by atoms with Crippen molar-refractivity contribution < 1.29 is 8.42 Å². The maximum absolute atomic E-state index is 12.6. The summed E-state index contributed by atoms with van der Waals surface area (Å²) in [6.45, 7) is 3.84. The van der Waals surface area contributed by atoms with E-state index in [9.17, 15) is 8.42 Å². The van der Waals surface area contributed by atoms with Gasteiger partial charge >= 0.3 is 0 Å². The maximum Gasteiger partial charge on any atom is 0.179 e. The Kier molecular flexibility index (Phi) is 3.10. The van der Waals surface area contributed by atoms with E-state index in [1.165, 1.54) is 0 Å². The van der Waals surface area contributed by atoms with Crippen LogP contribution in [0, 0.1) is 0 Å². The average Bonchev–Trinajstić information content (AvgIpc) is 2.76. The monoisotopic (exact) mass is 266 g/mol. The van der Waals surface area contributed by atoms with E-state index in [4.69, 9.17) is 0 Å². The van der Waals surface area contributed by atoms with Crippen LogP contribution in [0.25, 0.3) is 0 Å². The largest absolute Gasteiger partial charge is 0.226 e. The van der Waals surface area contributed by atoms with Gasteiger partial charge in [-0.05, 0) is 51.0 Å². The molecule has 2 fully saturated rings. The Morgan fingerprint density at radius 1 is 0.933 bits per heavy atom.